The Bertz CT molecular complexity index is 359. The molecule has 22 heavy (non-hydrogen) atoms. The van der Waals surface area contributed by atoms with Crippen molar-refractivity contribution in [2.75, 3.05) is 0 Å². The maximum absolute atomic E-state index is 12.4. The van der Waals surface area contributed by atoms with Crippen LogP contribution < -0.4 is 10.6 Å². The number of rotatable bonds is 7. The molecule has 0 saturated carbocycles. The van der Waals surface area contributed by atoms with Crippen LogP contribution in [0.15, 0.2) is 0 Å². The summed E-state index contributed by atoms with van der Waals surface area (Å²) >= 11 is 0. The molecule has 0 aliphatic rings. The van der Waals surface area contributed by atoms with Crippen LogP contribution in [0, 0.1) is 11.8 Å². The van der Waals surface area contributed by atoms with Crippen molar-refractivity contribution in [3.8, 4) is 0 Å². The summed E-state index contributed by atoms with van der Waals surface area (Å²) < 4.78 is 5.22. The highest BCUT2D eigenvalue weighted by Crippen LogP contribution is 2.10. The first-order valence-electron chi connectivity index (χ1n) is 8.22. The topological polar surface area (TPSA) is 67.4 Å². The standard InChI is InChI=1S/C17H34N2O3/c1-11(2)9-10-13(5)18-15(20)14(12(3)4)19-16(21)22-17(6,7)8/h11-14H,9-10H2,1-8H3,(H,18,20)(H,19,21). The molecule has 0 saturated heterocycles. The zero-order chi connectivity index (χ0) is 17.5. The zero-order valence-electron chi connectivity index (χ0n) is 15.4. The largest absolute Gasteiger partial charge is 0.444 e. The Morgan fingerprint density at radius 2 is 1.50 bits per heavy atom. The van der Waals surface area contributed by atoms with Crippen molar-refractivity contribution in [3.05, 3.63) is 0 Å². The second-order valence-electron chi connectivity index (χ2n) is 7.75. The van der Waals surface area contributed by atoms with Crippen molar-refractivity contribution in [1.82, 2.24) is 10.6 Å². The van der Waals surface area contributed by atoms with Crippen LogP contribution in [0.2, 0.25) is 0 Å². The van der Waals surface area contributed by atoms with Crippen molar-refractivity contribution in [1.29, 1.82) is 0 Å². The third kappa shape index (κ3) is 9.64. The Labute approximate surface area is 135 Å². The Morgan fingerprint density at radius 1 is 0.955 bits per heavy atom. The Hall–Kier alpha value is -1.26. The van der Waals surface area contributed by atoms with E-state index in [0.29, 0.717) is 5.92 Å². The van der Waals surface area contributed by atoms with Gasteiger partial charge in [0.1, 0.15) is 11.6 Å². The van der Waals surface area contributed by atoms with Crippen LogP contribution in [0.4, 0.5) is 4.79 Å². The minimum Gasteiger partial charge on any atom is -0.444 e. The lowest BCUT2D eigenvalue weighted by Gasteiger charge is -2.26. The third-order valence-electron chi connectivity index (χ3n) is 3.19. The first-order chi connectivity index (χ1) is 9.92. The van der Waals surface area contributed by atoms with Crippen LogP contribution in [0.3, 0.4) is 0 Å². The first kappa shape index (κ1) is 20.7. The highest BCUT2D eigenvalue weighted by Gasteiger charge is 2.27. The molecular weight excluding hydrogens is 280 g/mol. The molecule has 0 rings (SSSR count). The second-order valence-corrected chi connectivity index (χ2v) is 7.75. The third-order valence-corrected chi connectivity index (χ3v) is 3.19. The van der Waals surface area contributed by atoms with Gasteiger partial charge in [-0.15, -0.1) is 0 Å². The van der Waals surface area contributed by atoms with E-state index in [1.807, 2.05) is 20.8 Å². The molecule has 0 aliphatic heterocycles. The van der Waals surface area contributed by atoms with E-state index in [-0.39, 0.29) is 17.9 Å². The minimum atomic E-state index is -0.587. The molecule has 0 heterocycles. The number of alkyl carbamates (subject to hydrolysis) is 1. The predicted molar refractivity (Wildman–Crippen MR) is 89.7 cm³/mol. The summed E-state index contributed by atoms with van der Waals surface area (Å²) in [4.78, 5) is 24.2. The average Bonchev–Trinajstić information content (AvgIpc) is 2.30. The Balaban J connectivity index is 4.55. The summed E-state index contributed by atoms with van der Waals surface area (Å²) in [7, 11) is 0. The quantitative estimate of drug-likeness (QED) is 0.756. The fourth-order valence-corrected chi connectivity index (χ4v) is 1.96. The number of carbonyl (C=O) groups is 2. The molecule has 0 fully saturated rings. The molecule has 0 aromatic heterocycles. The molecule has 0 aromatic carbocycles. The molecule has 0 bridgehead atoms. The van der Waals surface area contributed by atoms with Gasteiger partial charge in [-0.05, 0) is 52.4 Å². The van der Waals surface area contributed by atoms with Crippen molar-refractivity contribution < 1.29 is 14.3 Å². The SMILES string of the molecule is CC(C)CCC(C)NC(=O)C(NC(=O)OC(C)(C)C)C(C)C. The fraction of sp³-hybridized carbons (Fsp3) is 0.882. The molecule has 2 N–H and O–H groups in total. The monoisotopic (exact) mass is 314 g/mol. The Kier molecular flexibility index (Phi) is 8.49. The molecule has 2 unspecified atom stereocenters. The van der Waals surface area contributed by atoms with Crippen LogP contribution in [-0.2, 0) is 9.53 Å². The smallest absolute Gasteiger partial charge is 0.408 e. The van der Waals surface area contributed by atoms with E-state index in [1.165, 1.54) is 0 Å². The number of hydrogen-bond donors (Lipinski definition) is 2. The molecular formula is C17H34N2O3. The molecule has 0 aliphatic carbocycles. The van der Waals surface area contributed by atoms with Gasteiger partial charge in [-0.25, -0.2) is 4.79 Å². The van der Waals surface area contributed by atoms with E-state index in [4.69, 9.17) is 4.74 Å². The Morgan fingerprint density at radius 3 is 1.91 bits per heavy atom. The predicted octanol–water partition coefficient (Wildman–Crippen LogP) is 3.48. The molecule has 0 spiro atoms. The lowest BCUT2D eigenvalue weighted by molar-refractivity contribution is -0.124. The molecule has 2 amide bonds. The molecule has 5 nitrogen and oxygen atoms in total. The van der Waals surface area contributed by atoms with Gasteiger partial charge < -0.3 is 15.4 Å². The van der Waals surface area contributed by atoms with Gasteiger partial charge in [-0.3, -0.25) is 4.79 Å². The second kappa shape index (κ2) is 9.01. The van der Waals surface area contributed by atoms with E-state index in [2.05, 4.69) is 24.5 Å². The van der Waals surface area contributed by atoms with Gasteiger partial charge in [0.2, 0.25) is 5.91 Å². The van der Waals surface area contributed by atoms with Gasteiger partial charge >= 0.3 is 6.09 Å². The highest BCUT2D eigenvalue weighted by atomic mass is 16.6. The van der Waals surface area contributed by atoms with E-state index >= 15 is 0 Å². The lowest BCUT2D eigenvalue weighted by atomic mass is 10.0. The van der Waals surface area contributed by atoms with Gasteiger partial charge in [-0.2, -0.15) is 0 Å². The van der Waals surface area contributed by atoms with E-state index in [9.17, 15) is 9.59 Å². The number of nitrogens with one attached hydrogen (secondary N) is 2. The molecule has 0 aromatic rings. The number of amides is 2. The summed E-state index contributed by atoms with van der Waals surface area (Å²) in [5, 5.41) is 5.65. The van der Waals surface area contributed by atoms with Crippen LogP contribution in [0.5, 0.6) is 0 Å². The van der Waals surface area contributed by atoms with Gasteiger partial charge in [0.25, 0.3) is 0 Å². The van der Waals surface area contributed by atoms with Gasteiger partial charge in [0, 0.05) is 6.04 Å². The molecule has 2 atom stereocenters. The minimum absolute atomic E-state index is 0.00943. The van der Waals surface area contributed by atoms with Crippen molar-refractivity contribution >= 4 is 12.0 Å². The fourth-order valence-electron chi connectivity index (χ4n) is 1.96. The van der Waals surface area contributed by atoms with Gasteiger partial charge in [0.15, 0.2) is 0 Å². The van der Waals surface area contributed by atoms with Crippen molar-refractivity contribution in [2.24, 2.45) is 11.8 Å². The van der Waals surface area contributed by atoms with Crippen LogP contribution in [0.1, 0.15) is 68.2 Å². The maximum Gasteiger partial charge on any atom is 0.408 e. The number of hydrogen-bond acceptors (Lipinski definition) is 3. The van der Waals surface area contributed by atoms with Gasteiger partial charge in [0.05, 0.1) is 0 Å². The zero-order valence-corrected chi connectivity index (χ0v) is 15.4. The molecule has 0 radical (unpaired) electrons. The lowest BCUT2D eigenvalue weighted by Crippen LogP contribution is -2.52. The van der Waals surface area contributed by atoms with Crippen LogP contribution in [-0.4, -0.2) is 29.7 Å². The van der Waals surface area contributed by atoms with Gasteiger partial charge in [-0.1, -0.05) is 27.7 Å². The normalized spacial score (nSPS) is 14.6. The highest BCUT2D eigenvalue weighted by molar-refractivity contribution is 5.86. The number of carbonyl (C=O) groups excluding carboxylic acids is 2. The molecule has 130 valence electrons. The van der Waals surface area contributed by atoms with Crippen LogP contribution >= 0.6 is 0 Å². The van der Waals surface area contributed by atoms with E-state index in [1.54, 1.807) is 20.8 Å². The summed E-state index contributed by atoms with van der Waals surface area (Å²) in [6.45, 7) is 15.5. The number of ether oxygens (including phenoxy) is 1. The first-order valence-corrected chi connectivity index (χ1v) is 8.22. The summed E-state index contributed by atoms with van der Waals surface area (Å²) in [6, 6.07) is -0.493. The maximum atomic E-state index is 12.4. The van der Waals surface area contributed by atoms with Crippen LogP contribution in [0.25, 0.3) is 0 Å². The summed E-state index contributed by atoms with van der Waals surface area (Å²) in [6.07, 6.45) is 1.43. The summed E-state index contributed by atoms with van der Waals surface area (Å²) in [5.41, 5.74) is -0.577. The molecule has 5 heteroatoms. The summed E-state index contributed by atoms with van der Waals surface area (Å²) in [5.74, 6) is 0.446. The van der Waals surface area contributed by atoms with E-state index in [0.717, 1.165) is 12.8 Å². The van der Waals surface area contributed by atoms with Crippen molar-refractivity contribution in [3.63, 3.8) is 0 Å². The van der Waals surface area contributed by atoms with Crippen molar-refractivity contribution in [2.45, 2.75) is 85.9 Å². The van der Waals surface area contributed by atoms with E-state index < -0.39 is 17.7 Å². The average molecular weight is 314 g/mol.